The predicted molar refractivity (Wildman–Crippen MR) is 87.9 cm³/mol. The molecule has 0 fully saturated rings. The number of hydrogen-bond donors (Lipinski definition) is 1. The first-order valence-electron chi connectivity index (χ1n) is 7.09. The molecule has 1 nitrogen and oxygen atoms in total. The van der Waals surface area contributed by atoms with E-state index in [0.717, 1.165) is 6.54 Å². The van der Waals surface area contributed by atoms with Crippen LogP contribution in [0.1, 0.15) is 25.8 Å². The summed E-state index contributed by atoms with van der Waals surface area (Å²) in [5.41, 5.74) is 1.40. The number of hydrogen-bond acceptors (Lipinski definition) is 2. The third-order valence-corrected chi connectivity index (χ3v) is 4.35. The van der Waals surface area contributed by atoms with E-state index >= 15 is 0 Å². The third-order valence-electron chi connectivity index (χ3n) is 3.42. The van der Waals surface area contributed by atoms with Gasteiger partial charge in [-0.25, -0.2) is 0 Å². The van der Waals surface area contributed by atoms with Crippen LogP contribution in [0.15, 0.2) is 42.5 Å². The highest BCUT2D eigenvalue weighted by molar-refractivity contribution is 7.99. The Labute approximate surface area is 120 Å². The van der Waals surface area contributed by atoms with Crippen molar-refractivity contribution in [3.63, 3.8) is 0 Å². The van der Waals surface area contributed by atoms with Crippen molar-refractivity contribution >= 4 is 22.5 Å². The highest BCUT2D eigenvalue weighted by Crippen LogP contribution is 2.18. The van der Waals surface area contributed by atoms with Crippen molar-refractivity contribution in [2.75, 3.05) is 11.5 Å². The minimum absolute atomic E-state index is 0.581. The van der Waals surface area contributed by atoms with Crippen molar-refractivity contribution in [1.82, 2.24) is 5.32 Å². The lowest BCUT2D eigenvalue weighted by atomic mass is 10.0. The molecule has 1 N–H and O–H groups in total. The van der Waals surface area contributed by atoms with Crippen LogP contribution in [-0.4, -0.2) is 17.5 Å². The predicted octanol–water partition coefficient (Wildman–Crippen LogP) is 4.46. The summed E-state index contributed by atoms with van der Waals surface area (Å²) in [5.74, 6) is 2.47. The van der Waals surface area contributed by atoms with Gasteiger partial charge in [0.05, 0.1) is 0 Å². The normalized spacial score (nSPS) is 12.7. The Hall–Kier alpha value is -0.990. The van der Waals surface area contributed by atoms with E-state index in [2.05, 4.69) is 61.6 Å². The fourth-order valence-corrected chi connectivity index (χ4v) is 3.05. The average molecular weight is 273 g/mol. The Balaban J connectivity index is 1.94. The summed E-state index contributed by atoms with van der Waals surface area (Å²) in [4.78, 5) is 0. The van der Waals surface area contributed by atoms with E-state index in [0.29, 0.717) is 6.04 Å². The highest BCUT2D eigenvalue weighted by Gasteiger charge is 2.03. The molecule has 2 rings (SSSR count). The first-order valence-corrected chi connectivity index (χ1v) is 8.24. The SMILES string of the molecule is CCSCCC(C)NCc1cccc2ccccc12. The van der Waals surface area contributed by atoms with E-state index in [1.165, 1.54) is 34.3 Å². The van der Waals surface area contributed by atoms with E-state index in [-0.39, 0.29) is 0 Å². The largest absolute Gasteiger partial charge is 0.310 e. The molecule has 0 aliphatic carbocycles. The van der Waals surface area contributed by atoms with Crippen LogP contribution in [0.4, 0.5) is 0 Å². The van der Waals surface area contributed by atoms with Gasteiger partial charge in [-0.1, -0.05) is 49.4 Å². The van der Waals surface area contributed by atoms with Crippen molar-refractivity contribution in [1.29, 1.82) is 0 Å². The number of fused-ring (bicyclic) bond motifs is 1. The Morgan fingerprint density at radius 2 is 1.89 bits per heavy atom. The molecule has 1 unspecified atom stereocenters. The minimum Gasteiger partial charge on any atom is -0.310 e. The minimum atomic E-state index is 0.581. The van der Waals surface area contributed by atoms with Crippen molar-refractivity contribution in [2.24, 2.45) is 0 Å². The Kier molecular flexibility index (Phi) is 5.74. The van der Waals surface area contributed by atoms with Crippen LogP contribution in [0.2, 0.25) is 0 Å². The van der Waals surface area contributed by atoms with Crippen LogP contribution in [0.25, 0.3) is 10.8 Å². The monoisotopic (exact) mass is 273 g/mol. The molecular formula is C17H23NS. The van der Waals surface area contributed by atoms with Gasteiger partial charge in [0.2, 0.25) is 0 Å². The zero-order valence-corrected chi connectivity index (χ0v) is 12.7. The lowest BCUT2D eigenvalue weighted by Gasteiger charge is -2.14. The molecule has 0 heterocycles. The smallest absolute Gasteiger partial charge is 0.0214 e. The zero-order chi connectivity index (χ0) is 13.5. The van der Waals surface area contributed by atoms with E-state index in [4.69, 9.17) is 0 Å². The van der Waals surface area contributed by atoms with E-state index in [1.807, 2.05) is 11.8 Å². The second kappa shape index (κ2) is 7.56. The van der Waals surface area contributed by atoms with Crippen molar-refractivity contribution in [2.45, 2.75) is 32.9 Å². The molecule has 102 valence electrons. The second-order valence-electron chi connectivity index (χ2n) is 4.91. The van der Waals surface area contributed by atoms with Crippen LogP contribution in [0, 0.1) is 0 Å². The van der Waals surface area contributed by atoms with Gasteiger partial charge in [0.1, 0.15) is 0 Å². The van der Waals surface area contributed by atoms with E-state index < -0.39 is 0 Å². The molecule has 19 heavy (non-hydrogen) atoms. The van der Waals surface area contributed by atoms with Crippen LogP contribution in [-0.2, 0) is 6.54 Å². The van der Waals surface area contributed by atoms with E-state index in [1.54, 1.807) is 0 Å². The molecule has 0 saturated heterocycles. The van der Waals surface area contributed by atoms with Gasteiger partial charge in [0.15, 0.2) is 0 Å². The Morgan fingerprint density at radius 1 is 1.11 bits per heavy atom. The van der Waals surface area contributed by atoms with Crippen LogP contribution >= 0.6 is 11.8 Å². The molecular weight excluding hydrogens is 250 g/mol. The summed E-state index contributed by atoms with van der Waals surface area (Å²) in [7, 11) is 0. The quantitative estimate of drug-likeness (QED) is 0.747. The fraction of sp³-hybridized carbons (Fsp3) is 0.412. The van der Waals surface area contributed by atoms with Crippen LogP contribution in [0.3, 0.4) is 0 Å². The maximum Gasteiger partial charge on any atom is 0.0214 e. The highest BCUT2D eigenvalue weighted by atomic mass is 32.2. The molecule has 0 aromatic heterocycles. The maximum atomic E-state index is 3.64. The lowest BCUT2D eigenvalue weighted by molar-refractivity contribution is 0.539. The molecule has 0 amide bonds. The molecule has 0 aliphatic rings. The van der Waals surface area contributed by atoms with Gasteiger partial charge < -0.3 is 5.32 Å². The molecule has 0 aliphatic heterocycles. The number of rotatable bonds is 7. The topological polar surface area (TPSA) is 12.0 Å². The lowest BCUT2D eigenvalue weighted by Crippen LogP contribution is -2.26. The molecule has 0 radical (unpaired) electrons. The molecule has 0 bridgehead atoms. The molecule has 2 aromatic carbocycles. The summed E-state index contributed by atoms with van der Waals surface area (Å²) in [6.45, 7) is 5.46. The van der Waals surface area contributed by atoms with Crippen molar-refractivity contribution in [3.05, 3.63) is 48.0 Å². The summed E-state index contributed by atoms with van der Waals surface area (Å²) in [6.07, 6.45) is 1.24. The van der Waals surface area contributed by atoms with Gasteiger partial charge >= 0.3 is 0 Å². The molecule has 0 spiro atoms. The van der Waals surface area contributed by atoms with Crippen molar-refractivity contribution in [3.8, 4) is 0 Å². The summed E-state index contributed by atoms with van der Waals surface area (Å²) >= 11 is 2.02. The number of benzene rings is 2. The Bertz CT molecular complexity index is 504. The zero-order valence-electron chi connectivity index (χ0n) is 11.9. The molecule has 0 saturated carbocycles. The van der Waals surface area contributed by atoms with Gasteiger partial charge in [-0.15, -0.1) is 0 Å². The fourth-order valence-electron chi connectivity index (χ4n) is 2.24. The van der Waals surface area contributed by atoms with E-state index in [9.17, 15) is 0 Å². The first kappa shape index (κ1) is 14.4. The summed E-state index contributed by atoms with van der Waals surface area (Å²) in [5, 5.41) is 6.33. The van der Waals surface area contributed by atoms with Gasteiger partial charge in [-0.3, -0.25) is 0 Å². The second-order valence-corrected chi connectivity index (χ2v) is 6.30. The maximum absolute atomic E-state index is 3.64. The third kappa shape index (κ3) is 4.26. The van der Waals surface area contributed by atoms with Crippen LogP contribution in [0.5, 0.6) is 0 Å². The number of thioether (sulfide) groups is 1. The summed E-state index contributed by atoms with van der Waals surface area (Å²) in [6, 6.07) is 15.7. The van der Waals surface area contributed by atoms with Crippen molar-refractivity contribution < 1.29 is 0 Å². The summed E-state index contributed by atoms with van der Waals surface area (Å²) < 4.78 is 0. The molecule has 1 atom stereocenters. The Morgan fingerprint density at radius 3 is 2.74 bits per heavy atom. The van der Waals surface area contributed by atoms with Gasteiger partial charge in [0.25, 0.3) is 0 Å². The van der Waals surface area contributed by atoms with Gasteiger partial charge in [0, 0.05) is 12.6 Å². The first-order chi connectivity index (χ1) is 9.31. The average Bonchev–Trinajstić information content (AvgIpc) is 2.45. The van der Waals surface area contributed by atoms with Crippen LogP contribution < -0.4 is 5.32 Å². The van der Waals surface area contributed by atoms with Gasteiger partial charge in [-0.2, -0.15) is 11.8 Å². The molecule has 2 heteroatoms. The van der Waals surface area contributed by atoms with Gasteiger partial charge in [-0.05, 0) is 41.2 Å². The number of nitrogens with one attached hydrogen (secondary N) is 1. The standard InChI is InChI=1S/C17H23NS/c1-3-19-12-11-14(2)18-13-16-9-6-8-15-7-4-5-10-17(15)16/h4-10,14,18H,3,11-13H2,1-2H3. The molecule has 2 aromatic rings.